The van der Waals surface area contributed by atoms with Gasteiger partial charge in [0.25, 0.3) is 0 Å². The minimum absolute atomic E-state index is 0.294. The van der Waals surface area contributed by atoms with Gasteiger partial charge in [0.1, 0.15) is 17.6 Å². The van der Waals surface area contributed by atoms with Crippen molar-refractivity contribution in [2.24, 2.45) is 0 Å². The molecule has 0 bridgehead atoms. The lowest BCUT2D eigenvalue weighted by Crippen LogP contribution is -2.12. The topological polar surface area (TPSA) is 29.5 Å². The van der Waals surface area contributed by atoms with E-state index < -0.39 is 0 Å². The minimum atomic E-state index is 0.294. The Morgan fingerprint density at radius 1 is 1.40 bits per heavy atom. The molecular weight excluding hydrogens is 188 g/mol. The van der Waals surface area contributed by atoms with Crippen LogP contribution in [0.2, 0.25) is 0 Å². The maximum atomic E-state index is 9.32. The maximum Gasteiger partial charge on any atom is 0.126 e. The predicted molar refractivity (Wildman–Crippen MR) is 60.4 cm³/mol. The first-order valence-electron chi connectivity index (χ1n) is 5.78. The van der Waals surface area contributed by atoms with Gasteiger partial charge in [-0.25, -0.2) is 0 Å². The van der Waals surface area contributed by atoms with Gasteiger partial charge in [0.2, 0.25) is 0 Å². The second kappa shape index (κ2) is 4.56. The van der Waals surface area contributed by atoms with Crippen molar-refractivity contribution in [3.63, 3.8) is 0 Å². The lowest BCUT2D eigenvalue weighted by atomic mass is 10.1. The monoisotopic (exact) mass is 206 g/mol. The number of aromatic hydroxyl groups is 1. The van der Waals surface area contributed by atoms with E-state index in [4.69, 9.17) is 4.74 Å². The largest absolute Gasteiger partial charge is 0.508 e. The normalized spacial score (nSPS) is 18.6. The van der Waals surface area contributed by atoms with Crippen LogP contribution in [0.1, 0.15) is 38.2 Å². The van der Waals surface area contributed by atoms with Crippen molar-refractivity contribution in [1.82, 2.24) is 0 Å². The molecule has 2 rings (SSSR count). The summed E-state index contributed by atoms with van der Waals surface area (Å²) in [6.07, 6.45) is 6.22. The molecule has 1 aromatic rings. The Balaban J connectivity index is 1.91. The summed E-state index contributed by atoms with van der Waals surface area (Å²) >= 11 is 0. The van der Waals surface area contributed by atoms with Gasteiger partial charge in [-0.3, -0.25) is 0 Å². The van der Waals surface area contributed by atoms with E-state index in [-0.39, 0.29) is 0 Å². The average molecular weight is 206 g/mol. The Bertz CT molecular complexity index is 333. The zero-order valence-electron chi connectivity index (χ0n) is 9.20. The van der Waals surface area contributed by atoms with Gasteiger partial charge < -0.3 is 9.84 Å². The van der Waals surface area contributed by atoms with Crippen LogP contribution in [-0.4, -0.2) is 11.2 Å². The summed E-state index contributed by atoms with van der Waals surface area (Å²) in [6.45, 7) is 2.21. The number of rotatable bonds is 4. The van der Waals surface area contributed by atoms with Crippen molar-refractivity contribution in [3.8, 4) is 11.5 Å². The smallest absolute Gasteiger partial charge is 0.126 e. The Hall–Kier alpha value is -1.18. The molecule has 82 valence electrons. The van der Waals surface area contributed by atoms with Crippen LogP contribution in [0.25, 0.3) is 0 Å². The van der Waals surface area contributed by atoms with E-state index in [1.54, 1.807) is 12.1 Å². The second-order valence-corrected chi connectivity index (χ2v) is 4.23. The fourth-order valence-electron chi connectivity index (χ4n) is 2.07. The molecule has 0 saturated carbocycles. The van der Waals surface area contributed by atoms with Crippen molar-refractivity contribution >= 4 is 0 Å². The van der Waals surface area contributed by atoms with E-state index in [9.17, 15) is 5.11 Å². The highest BCUT2D eigenvalue weighted by molar-refractivity contribution is 5.42. The van der Waals surface area contributed by atoms with E-state index >= 15 is 0 Å². The van der Waals surface area contributed by atoms with Gasteiger partial charge in [0, 0.05) is 12.5 Å². The van der Waals surface area contributed by atoms with Gasteiger partial charge in [0.05, 0.1) is 0 Å². The highest BCUT2D eigenvalue weighted by Crippen LogP contribution is 2.33. The van der Waals surface area contributed by atoms with Crippen LogP contribution in [0.3, 0.4) is 0 Å². The number of benzene rings is 1. The summed E-state index contributed by atoms with van der Waals surface area (Å²) < 4.78 is 5.77. The van der Waals surface area contributed by atoms with E-state index in [0.29, 0.717) is 11.9 Å². The third-order valence-corrected chi connectivity index (χ3v) is 2.92. The van der Waals surface area contributed by atoms with Gasteiger partial charge in [-0.15, -0.1) is 0 Å². The number of phenols is 1. The molecule has 1 heterocycles. The Morgan fingerprint density at radius 2 is 2.27 bits per heavy atom. The number of unbranched alkanes of at least 4 members (excludes halogenated alkanes) is 2. The molecule has 1 aromatic carbocycles. The van der Waals surface area contributed by atoms with Crippen LogP contribution in [0.15, 0.2) is 18.2 Å². The molecule has 1 atom stereocenters. The van der Waals surface area contributed by atoms with E-state index in [1.807, 2.05) is 6.07 Å². The number of hydrogen-bond acceptors (Lipinski definition) is 2. The summed E-state index contributed by atoms with van der Waals surface area (Å²) in [4.78, 5) is 0. The summed E-state index contributed by atoms with van der Waals surface area (Å²) in [7, 11) is 0. The lowest BCUT2D eigenvalue weighted by molar-refractivity contribution is 0.216. The van der Waals surface area contributed by atoms with Gasteiger partial charge in [-0.2, -0.15) is 0 Å². The lowest BCUT2D eigenvalue weighted by Gasteiger charge is -2.09. The summed E-state index contributed by atoms with van der Waals surface area (Å²) in [5.74, 6) is 1.17. The van der Waals surface area contributed by atoms with Gasteiger partial charge in [-0.05, 0) is 24.5 Å². The Morgan fingerprint density at radius 3 is 3.07 bits per heavy atom. The molecule has 0 saturated heterocycles. The van der Waals surface area contributed by atoms with Gasteiger partial charge >= 0.3 is 0 Å². The predicted octanol–water partition coefficient (Wildman–Crippen LogP) is 3.28. The van der Waals surface area contributed by atoms with Crippen molar-refractivity contribution in [2.75, 3.05) is 0 Å². The van der Waals surface area contributed by atoms with Gasteiger partial charge in [0.15, 0.2) is 0 Å². The number of hydrogen-bond donors (Lipinski definition) is 1. The molecule has 0 aliphatic carbocycles. The third kappa shape index (κ3) is 2.44. The zero-order valence-corrected chi connectivity index (χ0v) is 9.20. The molecule has 0 amide bonds. The molecule has 1 aliphatic heterocycles. The molecule has 1 unspecified atom stereocenters. The molecule has 0 spiro atoms. The third-order valence-electron chi connectivity index (χ3n) is 2.92. The first-order valence-corrected chi connectivity index (χ1v) is 5.78. The van der Waals surface area contributed by atoms with Crippen LogP contribution in [-0.2, 0) is 6.42 Å². The fraction of sp³-hybridized carbons (Fsp3) is 0.538. The molecule has 0 aromatic heterocycles. The van der Waals surface area contributed by atoms with Gasteiger partial charge in [-0.1, -0.05) is 25.8 Å². The van der Waals surface area contributed by atoms with Crippen molar-refractivity contribution < 1.29 is 9.84 Å². The molecule has 15 heavy (non-hydrogen) atoms. The minimum Gasteiger partial charge on any atom is -0.508 e. The number of ether oxygens (including phenoxy) is 1. The van der Waals surface area contributed by atoms with E-state index in [2.05, 4.69) is 6.92 Å². The number of fused-ring (bicyclic) bond motifs is 1. The van der Waals surface area contributed by atoms with Crippen LogP contribution >= 0.6 is 0 Å². The first-order chi connectivity index (χ1) is 7.29. The van der Waals surface area contributed by atoms with Crippen molar-refractivity contribution in [1.29, 1.82) is 0 Å². The van der Waals surface area contributed by atoms with E-state index in [0.717, 1.165) is 18.6 Å². The zero-order chi connectivity index (χ0) is 10.7. The second-order valence-electron chi connectivity index (χ2n) is 4.23. The molecule has 2 heteroatoms. The summed E-state index contributed by atoms with van der Waals surface area (Å²) in [5, 5.41) is 9.32. The first kappa shape index (κ1) is 10.3. The maximum absolute atomic E-state index is 9.32. The Labute approximate surface area is 90.9 Å². The molecular formula is C13H18O2. The quantitative estimate of drug-likeness (QED) is 0.766. The average Bonchev–Trinajstić information content (AvgIpc) is 2.60. The van der Waals surface area contributed by atoms with Crippen molar-refractivity contribution in [2.45, 2.75) is 45.1 Å². The number of phenolic OH excluding ortho intramolecular Hbond substituents is 1. The van der Waals surface area contributed by atoms with Crippen LogP contribution < -0.4 is 4.74 Å². The Kier molecular flexibility index (Phi) is 3.14. The van der Waals surface area contributed by atoms with Crippen molar-refractivity contribution in [3.05, 3.63) is 23.8 Å². The van der Waals surface area contributed by atoms with Crippen LogP contribution in [0, 0.1) is 0 Å². The summed E-state index contributed by atoms with van der Waals surface area (Å²) in [5.41, 5.74) is 1.23. The molecule has 1 N–H and O–H groups in total. The van der Waals surface area contributed by atoms with E-state index in [1.165, 1.54) is 24.8 Å². The molecule has 2 nitrogen and oxygen atoms in total. The standard InChI is InChI=1S/C13H18O2/c1-2-3-4-5-12-8-10-6-7-11(14)9-13(10)15-12/h6-7,9,12,14H,2-5,8H2,1H3. The highest BCUT2D eigenvalue weighted by atomic mass is 16.5. The molecule has 0 radical (unpaired) electrons. The van der Waals surface area contributed by atoms with Crippen LogP contribution in [0.5, 0.6) is 11.5 Å². The fourth-order valence-corrected chi connectivity index (χ4v) is 2.07. The summed E-state index contributed by atoms with van der Waals surface area (Å²) in [6, 6.07) is 5.41. The highest BCUT2D eigenvalue weighted by Gasteiger charge is 2.22. The van der Waals surface area contributed by atoms with Crippen LogP contribution in [0.4, 0.5) is 0 Å². The SMILES string of the molecule is CCCCCC1Cc2ccc(O)cc2O1. The molecule has 1 aliphatic rings. The molecule has 0 fully saturated rings.